The molecule has 138 valence electrons. The topological polar surface area (TPSA) is 13.1 Å². The van der Waals surface area contributed by atoms with E-state index in [4.69, 9.17) is 4.74 Å². The number of benzene rings is 4. The van der Waals surface area contributed by atoms with Gasteiger partial charge in [0.2, 0.25) is 11.2 Å². The monoisotopic (exact) mass is 374 g/mol. The number of para-hydroxylation sites is 1. The van der Waals surface area contributed by atoms with Crippen molar-refractivity contribution in [2.24, 2.45) is 0 Å². The van der Waals surface area contributed by atoms with Crippen LogP contribution in [0.25, 0.3) is 43.7 Å². The van der Waals surface area contributed by atoms with Gasteiger partial charge in [-0.2, -0.15) is 4.57 Å². The SMILES string of the molecule is CC1(C)c2cc3c(ccc4ccccc43)c3c2-c2c1cc1ccccc1[n+]2CO3. The fourth-order valence-electron chi connectivity index (χ4n) is 5.50. The van der Waals surface area contributed by atoms with Gasteiger partial charge in [-0.1, -0.05) is 56.3 Å². The molecule has 1 aromatic heterocycles. The second-order valence-electron chi connectivity index (χ2n) is 8.80. The number of hydrogen-bond donors (Lipinski definition) is 0. The Kier molecular flexibility index (Phi) is 2.65. The first-order chi connectivity index (χ1) is 14.1. The molecule has 0 unspecified atom stereocenters. The normalized spacial score (nSPS) is 15.7. The van der Waals surface area contributed by atoms with Crippen molar-refractivity contribution >= 4 is 32.4 Å². The van der Waals surface area contributed by atoms with Crippen molar-refractivity contribution in [2.75, 3.05) is 0 Å². The molecular weight excluding hydrogens is 354 g/mol. The second kappa shape index (κ2) is 4.96. The average Bonchev–Trinajstić information content (AvgIpc) is 2.98. The van der Waals surface area contributed by atoms with Crippen LogP contribution in [0.1, 0.15) is 25.0 Å². The van der Waals surface area contributed by atoms with Gasteiger partial charge < -0.3 is 4.74 Å². The summed E-state index contributed by atoms with van der Waals surface area (Å²) in [6.45, 7) is 5.25. The van der Waals surface area contributed by atoms with E-state index in [0.29, 0.717) is 6.73 Å². The summed E-state index contributed by atoms with van der Waals surface area (Å²) in [5.74, 6) is 1.05. The first kappa shape index (κ1) is 15.5. The van der Waals surface area contributed by atoms with Crippen molar-refractivity contribution in [3.05, 3.63) is 83.9 Å². The van der Waals surface area contributed by atoms with E-state index in [1.54, 1.807) is 0 Å². The van der Waals surface area contributed by atoms with E-state index < -0.39 is 0 Å². The van der Waals surface area contributed by atoms with Gasteiger partial charge in [0.1, 0.15) is 5.75 Å². The van der Waals surface area contributed by atoms with Crippen molar-refractivity contribution in [2.45, 2.75) is 26.0 Å². The van der Waals surface area contributed by atoms with Gasteiger partial charge in [-0.3, -0.25) is 0 Å². The predicted molar refractivity (Wildman–Crippen MR) is 117 cm³/mol. The van der Waals surface area contributed by atoms with Crippen molar-refractivity contribution in [1.82, 2.24) is 0 Å². The summed E-state index contributed by atoms with van der Waals surface area (Å²) in [6, 6.07) is 26.5. The first-order valence-electron chi connectivity index (χ1n) is 10.2. The lowest BCUT2D eigenvalue weighted by molar-refractivity contribution is -0.693. The van der Waals surface area contributed by atoms with Crippen LogP contribution in [0, 0.1) is 0 Å². The lowest BCUT2D eigenvalue weighted by atomic mass is 9.81. The second-order valence-corrected chi connectivity index (χ2v) is 8.80. The third-order valence-corrected chi connectivity index (χ3v) is 6.97. The van der Waals surface area contributed by atoms with E-state index in [9.17, 15) is 0 Å². The molecule has 0 saturated carbocycles. The predicted octanol–water partition coefficient (Wildman–Crippen LogP) is 6.09. The molecular formula is C27H20NO+. The number of hydrogen-bond acceptors (Lipinski definition) is 1. The van der Waals surface area contributed by atoms with Crippen LogP contribution in [0.5, 0.6) is 5.75 Å². The van der Waals surface area contributed by atoms with E-state index in [1.807, 2.05) is 0 Å². The van der Waals surface area contributed by atoms with Gasteiger partial charge in [-0.05, 0) is 46.0 Å². The van der Waals surface area contributed by atoms with E-state index in [1.165, 1.54) is 54.8 Å². The number of rotatable bonds is 0. The summed E-state index contributed by atoms with van der Waals surface area (Å²) in [4.78, 5) is 0. The first-order valence-corrected chi connectivity index (χ1v) is 10.2. The molecule has 1 aliphatic heterocycles. The number of aromatic nitrogens is 1. The highest BCUT2D eigenvalue weighted by Crippen LogP contribution is 2.55. The van der Waals surface area contributed by atoms with Gasteiger partial charge in [0.05, 0.1) is 5.56 Å². The van der Waals surface area contributed by atoms with Crippen LogP contribution in [0.3, 0.4) is 0 Å². The molecule has 0 spiro atoms. The molecule has 0 fully saturated rings. The van der Waals surface area contributed by atoms with Gasteiger partial charge in [-0.15, -0.1) is 0 Å². The summed E-state index contributed by atoms with van der Waals surface area (Å²) >= 11 is 0. The molecule has 2 heteroatoms. The van der Waals surface area contributed by atoms with Gasteiger partial charge in [0, 0.05) is 27.8 Å². The highest BCUT2D eigenvalue weighted by molar-refractivity contribution is 6.12. The molecule has 2 nitrogen and oxygen atoms in total. The summed E-state index contributed by atoms with van der Waals surface area (Å²) in [5.41, 5.74) is 6.55. The smallest absolute Gasteiger partial charge is 0.293 e. The van der Waals surface area contributed by atoms with Gasteiger partial charge >= 0.3 is 0 Å². The molecule has 0 atom stereocenters. The molecule has 4 aromatic carbocycles. The van der Waals surface area contributed by atoms with E-state index >= 15 is 0 Å². The zero-order chi connectivity index (χ0) is 19.3. The molecule has 7 rings (SSSR count). The molecule has 0 N–H and O–H groups in total. The Morgan fingerprint density at radius 1 is 0.759 bits per heavy atom. The highest BCUT2D eigenvalue weighted by atomic mass is 16.5. The third kappa shape index (κ3) is 1.76. The average molecular weight is 374 g/mol. The lowest BCUT2D eigenvalue weighted by Crippen LogP contribution is -2.42. The van der Waals surface area contributed by atoms with Crippen molar-refractivity contribution in [1.29, 1.82) is 0 Å². The molecule has 29 heavy (non-hydrogen) atoms. The molecule has 2 aliphatic rings. The number of fused-ring (bicyclic) bond motifs is 6. The lowest BCUT2D eigenvalue weighted by Gasteiger charge is -2.21. The Bertz CT molecular complexity index is 1530. The van der Waals surface area contributed by atoms with Gasteiger partial charge in [0.25, 0.3) is 6.73 Å². The Labute approximate surface area is 169 Å². The van der Waals surface area contributed by atoms with Crippen LogP contribution in [0.15, 0.2) is 72.8 Å². The molecule has 2 heterocycles. The summed E-state index contributed by atoms with van der Waals surface area (Å²) < 4.78 is 8.85. The molecule has 0 radical (unpaired) electrons. The molecule has 0 bridgehead atoms. The van der Waals surface area contributed by atoms with Crippen LogP contribution in [-0.2, 0) is 12.1 Å². The minimum Gasteiger partial charge on any atom is -0.434 e. The Hall–Kier alpha value is -3.39. The molecule has 0 saturated heterocycles. The fraction of sp³-hybridized carbons (Fsp3) is 0.148. The summed E-state index contributed by atoms with van der Waals surface area (Å²) in [5, 5.41) is 6.34. The third-order valence-electron chi connectivity index (χ3n) is 6.97. The van der Waals surface area contributed by atoms with Crippen LogP contribution < -0.4 is 9.30 Å². The maximum atomic E-state index is 6.49. The Balaban J connectivity index is 1.71. The van der Waals surface area contributed by atoms with Crippen LogP contribution >= 0.6 is 0 Å². The van der Waals surface area contributed by atoms with E-state index in [0.717, 1.165) is 5.75 Å². The minimum absolute atomic E-state index is 0.0654. The van der Waals surface area contributed by atoms with Gasteiger partial charge in [-0.25, -0.2) is 0 Å². The zero-order valence-electron chi connectivity index (χ0n) is 16.5. The standard InChI is InChI=1S/C27H20NO/c1-27(2)21-14-20-18-9-5-3-7-16(18)11-12-19(20)26-24(21)25-22(27)13-17-8-4-6-10-23(17)28(25)15-29-26/h3-14H,15H2,1-2H3/q+1. The number of ether oxygens (including phenoxy) is 1. The van der Waals surface area contributed by atoms with Crippen molar-refractivity contribution in [3.8, 4) is 17.0 Å². The molecule has 1 aliphatic carbocycles. The molecule has 0 amide bonds. The maximum Gasteiger partial charge on any atom is 0.293 e. The fourth-order valence-corrected chi connectivity index (χ4v) is 5.50. The quantitative estimate of drug-likeness (QED) is 0.236. The van der Waals surface area contributed by atoms with Crippen molar-refractivity contribution < 1.29 is 9.30 Å². The van der Waals surface area contributed by atoms with Crippen LogP contribution in [0.2, 0.25) is 0 Å². The zero-order valence-corrected chi connectivity index (χ0v) is 16.5. The van der Waals surface area contributed by atoms with Crippen molar-refractivity contribution in [3.63, 3.8) is 0 Å². The highest BCUT2D eigenvalue weighted by Gasteiger charge is 2.47. The summed E-state index contributed by atoms with van der Waals surface area (Å²) in [6.07, 6.45) is 0. The number of pyridine rings is 1. The van der Waals surface area contributed by atoms with Crippen LogP contribution in [0.4, 0.5) is 0 Å². The Morgan fingerprint density at radius 3 is 2.45 bits per heavy atom. The van der Waals surface area contributed by atoms with E-state index in [2.05, 4.69) is 91.2 Å². The number of nitrogens with zero attached hydrogens (tertiary/aromatic N) is 1. The van der Waals surface area contributed by atoms with Gasteiger partial charge in [0.15, 0.2) is 0 Å². The summed E-state index contributed by atoms with van der Waals surface area (Å²) in [7, 11) is 0. The van der Waals surface area contributed by atoms with E-state index in [-0.39, 0.29) is 5.41 Å². The largest absolute Gasteiger partial charge is 0.434 e. The maximum absolute atomic E-state index is 6.49. The minimum atomic E-state index is -0.0654. The molecule has 5 aromatic rings. The Morgan fingerprint density at radius 2 is 1.55 bits per heavy atom. The van der Waals surface area contributed by atoms with Crippen LogP contribution in [-0.4, -0.2) is 0 Å².